The molecule has 1 saturated heterocycles. The van der Waals surface area contributed by atoms with Crippen LogP contribution in [0.5, 0.6) is 0 Å². The Labute approximate surface area is 122 Å². The van der Waals surface area contributed by atoms with Crippen molar-refractivity contribution in [2.45, 2.75) is 32.2 Å². The van der Waals surface area contributed by atoms with Crippen molar-refractivity contribution in [3.8, 4) is 0 Å². The Morgan fingerprint density at radius 1 is 1.45 bits per heavy atom. The standard InChI is InChI=1S/C13H19F2N3.CH5P/c1-10-3-4-12(16-7-10)17-11-5-6-18(8-11)9-13(2,14)15;1-2/h3-4,7,11H,5-6,8-9H2,1-2H3,(H,16,17);2H2,1H3. The summed E-state index contributed by atoms with van der Waals surface area (Å²) >= 11 is 0. The van der Waals surface area contributed by atoms with Crippen molar-refractivity contribution in [1.29, 1.82) is 0 Å². The lowest BCUT2D eigenvalue weighted by molar-refractivity contribution is -0.00868. The number of rotatable bonds is 4. The van der Waals surface area contributed by atoms with Crippen LogP contribution >= 0.6 is 9.24 Å². The van der Waals surface area contributed by atoms with Gasteiger partial charge < -0.3 is 5.32 Å². The summed E-state index contributed by atoms with van der Waals surface area (Å²) in [6.07, 6.45) is 2.68. The first-order valence-electron chi connectivity index (χ1n) is 6.79. The van der Waals surface area contributed by atoms with Gasteiger partial charge in [-0.15, -0.1) is 9.24 Å². The van der Waals surface area contributed by atoms with Crippen molar-refractivity contribution in [2.24, 2.45) is 0 Å². The molecule has 114 valence electrons. The number of halogens is 2. The number of alkyl halides is 2. The number of hydrogen-bond acceptors (Lipinski definition) is 3. The zero-order valence-electron chi connectivity index (χ0n) is 12.4. The van der Waals surface area contributed by atoms with Crippen LogP contribution in [0.3, 0.4) is 0 Å². The van der Waals surface area contributed by atoms with Crippen molar-refractivity contribution in [1.82, 2.24) is 9.88 Å². The largest absolute Gasteiger partial charge is 0.366 e. The number of aromatic nitrogens is 1. The SMILES string of the molecule is CP.Cc1ccc(NC2CCN(CC(C)(F)F)C2)nc1. The van der Waals surface area contributed by atoms with Gasteiger partial charge in [0.15, 0.2) is 0 Å². The zero-order chi connectivity index (χ0) is 15.2. The van der Waals surface area contributed by atoms with Gasteiger partial charge in [-0.1, -0.05) is 12.7 Å². The molecule has 0 bridgehead atoms. The van der Waals surface area contributed by atoms with Crippen LogP contribution in [-0.4, -0.2) is 48.1 Å². The molecule has 3 nitrogen and oxygen atoms in total. The fourth-order valence-corrected chi connectivity index (χ4v) is 2.25. The molecule has 1 N–H and O–H groups in total. The quantitative estimate of drug-likeness (QED) is 0.867. The highest BCUT2D eigenvalue weighted by Crippen LogP contribution is 2.19. The second-order valence-electron chi connectivity index (χ2n) is 5.16. The summed E-state index contributed by atoms with van der Waals surface area (Å²) in [7, 11) is 2.42. The first-order chi connectivity index (χ1) is 9.42. The van der Waals surface area contributed by atoms with Crippen LogP contribution in [-0.2, 0) is 0 Å². The van der Waals surface area contributed by atoms with E-state index in [1.54, 1.807) is 11.1 Å². The molecule has 0 radical (unpaired) electrons. The van der Waals surface area contributed by atoms with Crippen LogP contribution in [0.1, 0.15) is 18.9 Å². The smallest absolute Gasteiger partial charge is 0.257 e. The van der Waals surface area contributed by atoms with Crippen molar-refractivity contribution in [2.75, 3.05) is 31.6 Å². The second kappa shape index (κ2) is 7.84. The Morgan fingerprint density at radius 2 is 2.15 bits per heavy atom. The first-order valence-corrected chi connectivity index (χ1v) is 7.95. The third kappa shape index (κ3) is 6.10. The number of pyridine rings is 1. The van der Waals surface area contributed by atoms with Crippen molar-refractivity contribution < 1.29 is 8.78 Å². The van der Waals surface area contributed by atoms with Gasteiger partial charge in [-0.3, -0.25) is 4.90 Å². The number of anilines is 1. The molecule has 1 aliphatic heterocycles. The van der Waals surface area contributed by atoms with E-state index in [1.807, 2.05) is 25.7 Å². The molecule has 6 heteroatoms. The van der Waals surface area contributed by atoms with E-state index in [1.165, 1.54) is 0 Å². The fourth-order valence-electron chi connectivity index (χ4n) is 2.25. The summed E-state index contributed by atoms with van der Waals surface area (Å²) in [5, 5.41) is 3.29. The van der Waals surface area contributed by atoms with E-state index < -0.39 is 5.92 Å². The Morgan fingerprint density at radius 3 is 2.70 bits per heavy atom. The molecule has 1 aromatic rings. The zero-order valence-corrected chi connectivity index (χ0v) is 13.5. The van der Waals surface area contributed by atoms with Crippen LogP contribution in [0, 0.1) is 6.92 Å². The fraction of sp³-hybridized carbons (Fsp3) is 0.643. The highest BCUT2D eigenvalue weighted by Gasteiger charge is 2.30. The number of aryl methyl sites for hydroxylation is 1. The third-order valence-corrected chi connectivity index (χ3v) is 3.04. The monoisotopic (exact) mass is 303 g/mol. The third-order valence-electron chi connectivity index (χ3n) is 3.04. The molecule has 20 heavy (non-hydrogen) atoms. The molecule has 1 aliphatic rings. The van der Waals surface area contributed by atoms with Crippen LogP contribution in [0.15, 0.2) is 18.3 Å². The van der Waals surface area contributed by atoms with Gasteiger partial charge in [0.1, 0.15) is 5.82 Å². The average Bonchev–Trinajstić information content (AvgIpc) is 2.80. The minimum absolute atomic E-state index is 0.160. The summed E-state index contributed by atoms with van der Waals surface area (Å²) in [5.41, 5.74) is 1.11. The molecule has 2 rings (SSSR count). The molecule has 2 atom stereocenters. The maximum Gasteiger partial charge on any atom is 0.257 e. The average molecular weight is 303 g/mol. The van der Waals surface area contributed by atoms with Gasteiger partial charge >= 0.3 is 0 Å². The number of hydrogen-bond donors (Lipinski definition) is 1. The lowest BCUT2D eigenvalue weighted by atomic mass is 10.2. The van der Waals surface area contributed by atoms with Crippen molar-refractivity contribution in [3.63, 3.8) is 0 Å². The second-order valence-corrected chi connectivity index (χ2v) is 5.16. The van der Waals surface area contributed by atoms with E-state index in [0.717, 1.165) is 24.7 Å². The summed E-state index contributed by atoms with van der Waals surface area (Å²) in [5.74, 6) is -1.80. The highest BCUT2D eigenvalue weighted by molar-refractivity contribution is 7.15. The predicted octanol–water partition coefficient (Wildman–Crippen LogP) is 3.02. The van der Waals surface area contributed by atoms with Crippen molar-refractivity contribution >= 4 is 15.1 Å². The van der Waals surface area contributed by atoms with Gasteiger partial charge in [0, 0.05) is 32.3 Å². The van der Waals surface area contributed by atoms with Crippen LogP contribution in [0.2, 0.25) is 0 Å². The lowest BCUT2D eigenvalue weighted by Crippen LogP contribution is -2.35. The first kappa shape index (κ1) is 17.3. The van der Waals surface area contributed by atoms with Gasteiger partial charge in [-0.05, 0) is 25.0 Å². The normalized spacial score (nSPS) is 19.4. The highest BCUT2D eigenvalue weighted by atomic mass is 31.0. The molecule has 0 spiro atoms. The van der Waals surface area contributed by atoms with Gasteiger partial charge in [0.25, 0.3) is 5.92 Å². The number of nitrogens with zero attached hydrogens (tertiary/aromatic N) is 2. The maximum absolute atomic E-state index is 12.9. The van der Waals surface area contributed by atoms with Crippen LogP contribution < -0.4 is 5.32 Å². The Bertz CT molecular complexity index is 392. The van der Waals surface area contributed by atoms with E-state index in [4.69, 9.17) is 0 Å². The molecule has 1 aromatic heterocycles. The number of nitrogens with one attached hydrogen (secondary N) is 1. The molecular weight excluding hydrogens is 279 g/mol. The van der Waals surface area contributed by atoms with E-state index >= 15 is 0 Å². The topological polar surface area (TPSA) is 28.2 Å². The number of likely N-dealkylation sites (tertiary alicyclic amines) is 1. The molecule has 2 heterocycles. The van der Waals surface area contributed by atoms with E-state index in [9.17, 15) is 8.78 Å². The summed E-state index contributed by atoms with van der Waals surface area (Å²) in [4.78, 5) is 6.06. The molecule has 0 amide bonds. The lowest BCUT2D eigenvalue weighted by Gasteiger charge is -2.20. The summed E-state index contributed by atoms with van der Waals surface area (Å²) in [6.45, 7) is 6.07. The van der Waals surface area contributed by atoms with Gasteiger partial charge in [0.05, 0.1) is 6.54 Å². The molecule has 0 aromatic carbocycles. The van der Waals surface area contributed by atoms with Gasteiger partial charge in [-0.25, -0.2) is 13.8 Å². The van der Waals surface area contributed by atoms with Crippen molar-refractivity contribution in [3.05, 3.63) is 23.9 Å². The molecule has 2 unspecified atom stereocenters. The maximum atomic E-state index is 12.9. The minimum Gasteiger partial charge on any atom is -0.366 e. The molecule has 0 saturated carbocycles. The predicted molar refractivity (Wildman–Crippen MR) is 83.7 cm³/mol. The van der Waals surface area contributed by atoms with E-state index in [2.05, 4.69) is 19.5 Å². The minimum atomic E-state index is -2.61. The Kier molecular flexibility index (Phi) is 6.77. The Balaban J connectivity index is 0.000000956. The van der Waals surface area contributed by atoms with Crippen LogP contribution in [0.25, 0.3) is 0 Å². The molecular formula is C14H24F2N3P. The van der Waals surface area contributed by atoms with E-state index in [-0.39, 0.29) is 12.6 Å². The molecule has 0 aliphatic carbocycles. The van der Waals surface area contributed by atoms with Crippen LogP contribution in [0.4, 0.5) is 14.6 Å². The summed E-state index contributed by atoms with van der Waals surface area (Å²) < 4.78 is 25.8. The molecule has 1 fully saturated rings. The van der Waals surface area contributed by atoms with Gasteiger partial charge in [0.2, 0.25) is 0 Å². The van der Waals surface area contributed by atoms with E-state index in [0.29, 0.717) is 13.1 Å². The van der Waals surface area contributed by atoms with Gasteiger partial charge in [-0.2, -0.15) is 0 Å². The summed E-state index contributed by atoms with van der Waals surface area (Å²) in [6, 6.07) is 4.12. The Hall–Kier alpha value is -0.800.